The van der Waals surface area contributed by atoms with E-state index < -0.39 is 0 Å². The molecule has 0 spiro atoms. The van der Waals surface area contributed by atoms with E-state index in [1.807, 2.05) is 24.3 Å². The van der Waals surface area contributed by atoms with E-state index in [0.29, 0.717) is 25.4 Å². The minimum Gasteiger partial charge on any atom is -0.392 e. The summed E-state index contributed by atoms with van der Waals surface area (Å²) in [6, 6.07) is 7.61. The van der Waals surface area contributed by atoms with Crippen LogP contribution in [-0.4, -0.2) is 17.6 Å². The largest absolute Gasteiger partial charge is 0.392 e. The van der Waals surface area contributed by atoms with Crippen molar-refractivity contribution in [2.24, 2.45) is 11.7 Å². The zero-order valence-electron chi connectivity index (χ0n) is 12.3. The highest BCUT2D eigenvalue weighted by Gasteiger charge is 2.08. The number of nitrogens with one attached hydrogen (secondary N) is 1. The Bertz CT molecular complexity index is 407. The lowest BCUT2D eigenvalue weighted by atomic mass is 9.96. The van der Waals surface area contributed by atoms with Gasteiger partial charge in [-0.3, -0.25) is 4.79 Å². The quantitative estimate of drug-likeness (QED) is 0.646. The third-order valence-corrected chi connectivity index (χ3v) is 3.60. The second-order valence-electron chi connectivity index (χ2n) is 5.15. The van der Waals surface area contributed by atoms with Gasteiger partial charge in [-0.25, -0.2) is 0 Å². The number of hydrogen-bond donors (Lipinski definition) is 3. The van der Waals surface area contributed by atoms with Gasteiger partial charge in [-0.05, 0) is 36.4 Å². The Morgan fingerprint density at radius 2 is 2.10 bits per heavy atom. The van der Waals surface area contributed by atoms with Crippen molar-refractivity contribution in [2.45, 2.75) is 45.8 Å². The average molecular weight is 278 g/mol. The van der Waals surface area contributed by atoms with Crippen molar-refractivity contribution >= 4 is 5.91 Å². The van der Waals surface area contributed by atoms with Gasteiger partial charge in [-0.1, -0.05) is 37.6 Å². The zero-order chi connectivity index (χ0) is 14.8. The van der Waals surface area contributed by atoms with E-state index in [4.69, 9.17) is 10.8 Å². The lowest BCUT2D eigenvalue weighted by molar-refractivity contribution is -0.121. The molecule has 0 saturated carbocycles. The van der Waals surface area contributed by atoms with Crippen molar-refractivity contribution in [1.82, 2.24) is 5.32 Å². The molecule has 0 aliphatic carbocycles. The monoisotopic (exact) mass is 278 g/mol. The van der Waals surface area contributed by atoms with Crippen LogP contribution in [0.4, 0.5) is 0 Å². The van der Waals surface area contributed by atoms with Crippen LogP contribution < -0.4 is 11.1 Å². The fraction of sp³-hybridized carbons (Fsp3) is 0.562. The van der Waals surface area contributed by atoms with E-state index in [-0.39, 0.29) is 12.5 Å². The number of aliphatic hydroxyl groups excluding tert-OH is 1. The number of nitrogens with two attached hydrogens (primary N) is 1. The van der Waals surface area contributed by atoms with Gasteiger partial charge in [-0.2, -0.15) is 0 Å². The summed E-state index contributed by atoms with van der Waals surface area (Å²) in [5.41, 5.74) is 7.43. The van der Waals surface area contributed by atoms with Gasteiger partial charge in [-0.15, -0.1) is 0 Å². The van der Waals surface area contributed by atoms with Crippen LogP contribution in [0, 0.1) is 5.92 Å². The van der Waals surface area contributed by atoms with Crippen LogP contribution in [0.2, 0.25) is 0 Å². The minimum absolute atomic E-state index is 0.0268. The Morgan fingerprint density at radius 1 is 1.35 bits per heavy atom. The van der Waals surface area contributed by atoms with Crippen molar-refractivity contribution in [1.29, 1.82) is 0 Å². The molecule has 112 valence electrons. The molecular formula is C16H26N2O2. The summed E-state index contributed by atoms with van der Waals surface area (Å²) in [6.45, 7) is 3.37. The van der Waals surface area contributed by atoms with Gasteiger partial charge in [0.2, 0.25) is 5.91 Å². The predicted molar refractivity (Wildman–Crippen MR) is 80.9 cm³/mol. The highest BCUT2D eigenvalue weighted by atomic mass is 16.3. The molecule has 0 bridgehead atoms. The van der Waals surface area contributed by atoms with Crippen LogP contribution in [0.1, 0.15) is 43.7 Å². The molecule has 0 saturated heterocycles. The maximum absolute atomic E-state index is 11.8. The number of aliphatic hydroxyl groups is 1. The smallest absolute Gasteiger partial charge is 0.220 e. The minimum atomic E-state index is 0.0268. The first-order valence-electron chi connectivity index (χ1n) is 7.35. The van der Waals surface area contributed by atoms with Crippen molar-refractivity contribution in [3.05, 3.63) is 35.4 Å². The highest BCUT2D eigenvalue weighted by molar-refractivity contribution is 5.75. The van der Waals surface area contributed by atoms with E-state index in [1.165, 1.54) is 0 Å². The van der Waals surface area contributed by atoms with Crippen LogP contribution >= 0.6 is 0 Å². The van der Waals surface area contributed by atoms with E-state index in [9.17, 15) is 4.79 Å². The molecular weight excluding hydrogens is 252 g/mol. The first-order chi connectivity index (χ1) is 9.69. The average Bonchev–Trinajstić information content (AvgIpc) is 2.49. The Hall–Kier alpha value is -1.39. The number of carbonyl (C=O) groups excluding carboxylic acids is 1. The summed E-state index contributed by atoms with van der Waals surface area (Å²) in [4.78, 5) is 11.8. The predicted octanol–water partition coefficient (Wildman–Crippen LogP) is 1.95. The maximum Gasteiger partial charge on any atom is 0.220 e. The number of benzene rings is 1. The SMILES string of the molecule is CCC(CCN)CCC(=O)NCc1cccc(CO)c1. The summed E-state index contributed by atoms with van der Waals surface area (Å²) in [5, 5.41) is 12.0. The van der Waals surface area contributed by atoms with Gasteiger partial charge in [0, 0.05) is 13.0 Å². The molecule has 1 amide bonds. The van der Waals surface area contributed by atoms with Gasteiger partial charge < -0.3 is 16.2 Å². The molecule has 1 aromatic carbocycles. The number of carbonyl (C=O) groups is 1. The molecule has 1 unspecified atom stereocenters. The molecule has 0 aliphatic rings. The molecule has 1 rings (SSSR count). The Morgan fingerprint density at radius 3 is 2.75 bits per heavy atom. The van der Waals surface area contributed by atoms with Crippen molar-refractivity contribution in [3.8, 4) is 0 Å². The molecule has 20 heavy (non-hydrogen) atoms. The van der Waals surface area contributed by atoms with Gasteiger partial charge >= 0.3 is 0 Å². The van der Waals surface area contributed by atoms with Crippen molar-refractivity contribution in [2.75, 3.05) is 6.54 Å². The van der Waals surface area contributed by atoms with E-state index in [1.54, 1.807) is 0 Å². The molecule has 1 aromatic rings. The van der Waals surface area contributed by atoms with Crippen LogP contribution in [0.15, 0.2) is 24.3 Å². The topological polar surface area (TPSA) is 75.4 Å². The number of rotatable bonds is 9. The lowest BCUT2D eigenvalue weighted by Crippen LogP contribution is -2.23. The molecule has 4 heteroatoms. The summed E-state index contributed by atoms with van der Waals surface area (Å²) in [7, 11) is 0. The van der Waals surface area contributed by atoms with Crippen molar-refractivity contribution in [3.63, 3.8) is 0 Å². The lowest BCUT2D eigenvalue weighted by Gasteiger charge is -2.13. The van der Waals surface area contributed by atoms with Crippen LogP contribution in [0.25, 0.3) is 0 Å². The standard InChI is InChI=1S/C16H26N2O2/c1-2-13(8-9-17)6-7-16(20)18-11-14-4-3-5-15(10-14)12-19/h3-5,10,13,19H,2,6-9,11-12,17H2,1H3,(H,18,20). The van der Waals surface area contributed by atoms with Gasteiger partial charge in [0.1, 0.15) is 0 Å². The third-order valence-electron chi connectivity index (χ3n) is 3.60. The highest BCUT2D eigenvalue weighted by Crippen LogP contribution is 2.14. The normalized spacial score (nSPS) is 12.2. The fourth-order valence-electron chi connectivity index (χ4n) is 2.25. The Labute approximate surface area is 121 Å². The first-order valence-corrected chi connectivity index (χ1v) is 7.35. The van der Waals surface area contributed by atoms with E-state index in [0.717, 1.165) is 30.4 Å². The molecule has 0 aliphatic heterocycles. The Kier molecular flexibility index (Phi) is 7.92. The third kappa shape index (κ3) is 6.17. The van der Waals surface area contributed by atoms with E-state index in [2.05, 4.69) is 12.2 Å². The molecule has 4 N–H and O–H groups in total. The fourth-order valence-corrected chi connectivity index (χ4v) is 2.25. The zero-order valence-corrected chi connectivity index (χ0v) is 12.3. The molecule has 0 radical (unpaired) electrons. The number of amides is 1. The maximum atomic E-state index is 11.8. The molecule has 0 fully saturated rings. The summed E-state index contributed by atoms with van der Waals surface area (Å²) in [5.74, 6) is 0.623. The van der Waals surface area contributed by atoms with Gasteiger partial charge in [0.15, 0.2) is 0 Å². The second kappa shape index (κ2) is 9.50. The molecule has 4 nitrogen and oxygen atoms in total. The second-order valence-corrected chi connectivity index (χ2v) is 5.15. The molecule has 1 atom stereocenters. The molecule has 0 heterocycles. The Balaban J connectivity index is 2.32. The van der Waals surface area contributed by atoms with Gasteiger partial charge in [0.05, 0.1) is 6.61 Å². The summed E-state index contributed by atoms with van der Waals surface area (Å²) >= 11 is 0. The van der Waals surface area contributed by atoms with Crippen LogP contribution in [0.3, 0.4) is 0 Å². The summed E-state index contributed by atoms with van der Waals surface area (Å²) in [6.07, 6.45) is 3.51. The number of hydrogen-bond acceptors (Lipinski definition) is 3. The van der Waals surface area contributed by atoms with Gasteiger partial charge in [0.25, 0.3) is 0 Å². The molecule has 0 aromatic heterocycles. The van der Waals surface area contributed by atoms with E-state index >= 15 is 0 Å². The summed E-state index contributed by atoms with van der Waals surface area (Å²) < 4.78 is 0. The van der Waals surface area contributed by atoms with Crippen LogP contribution in [-0.2, 0) is 17.9 Å². The van der Waals surface area contributed by atoms with Crippen LogP contribution in [0.5, 0.6) is 0 Å². The van der Waals surface area contributed by atoms with Crippen molar-refractivity contribution < 1.29 is 9.90 Å². The first kappa shape index (κ1) is 16.7.